The third-order valence-electron chi connectivity index (χ3n) is 4.49. The van der Waals surface area contributed by atoms with Crippen LogP contribution in [0.3, 0.4) is 0 Å². The molecule has 0 aliphatic carbocycles. The molecule has 1 amide bonds. The molecule has 0 unspecified atom stereocenters. The van der Waals surface area contributed by atoms with Crippen LogP contribution in [0.25, 0.3) is 17.0 Å². The summed E-state index contributed by atoms with van der Waals surface area (Å²) in [5.74, 6) is 0.337. The monoisotopic (exact) mass is 422 g/mol. The van der Waals surface area contributed by atoms with Crippen molar-refractivity contribution in [3.63, 3.8) is 0 Å². The third-order valence-corrected chi connectivity index (χ3v) is 5.64. The Morgan fingerprint density at radius 1 is 1.17 bits per heavy atom. The van der Waals surface area contributed by atoms with Gasteiger partial charge in [-0.05, 0) is 47.9 Å². The maximum absolute atomic E-state index is 12.2. The van der Waals surface area contributed by atoms with Gasteiger partial charge in [-0.3, -0.25) is 10.1 Å². The zero-order valence-corrected chi connectivity index (χ0v) is 17.4. The lowest BCUT2D eigenvalue weighted by Crippen LogP contribution is -2.06. The highest BCUT2D eigenvalue weighted by Crippen LogP contribution is 2.24. The first-order valence-electron chi connectivity index (χ1n) is 9.30. The van der Waals surface area contributed by atoms with Crippen LogP contribution in [0.4, 0.5) is 5.13 Å². The molecule has 0 spiro atoms. The smallest absolute Gasteiger partial charge is 0.250 e. The van der Waals surface area contributed by atoms with Crippen molar-refractivity contribution in [2.45, 2.75) is 19.8 Å². The Hall–Kier alpha value is -2.89. The van der Waals surface area contributed by atoms with E-state index in [-0.39, 0.29) is 5.91 Å². The van der Waals surface area contributed by atoms with Crippen molar-refractivity contribution in [3.05, 3.63) is 87.6 Å². The average Bonchev–Trinajstić information content (AvgIpc) is 3.33. The van der Waals surface area contributed by atoms with Gasteiger partial charge in [-0.25, -0.2) is 4.98 Å². The zero-order chi connectivity index (χ0) is 20.2. The predicted octanol–water partition coefficient (Wildman–Crippen LogP) is 6.35. The molecule has 0 saturated carbocycles. The van der Waals surface area contributed by atoms with E-state index in [9.17, 15) is 4.79 Å². The first-order chi connectivity index (χ1) is 14.1. The number of hydrogen-bond donors (Lipinski definition) is 1. The van der Waals surface area contributed by atoms with E-state index in [0.29, 0.717) is 15.9 Å². The number of anilines is 1. The lowest BCUT2D eigenvalue weighted by Gasteiger charge is -2.00. The number of halogens is 1. The minimum absolute atomic E-state index is 0.253. The van der Waals surface area contributed by atoms with Gasteiger partial charge in [-0.1, -0.05) is 42.8 Å². The lowest BCUT2D eigenvalue weighted by molar-refractivity contribution is -0.111. The molecule has 4 rings (SSSR count). The number of furan rings is 1. The minimum Gasteiger partial charge on any atom is -0.457 e. The van der Waals surface area contributed by atoms with Gasteiger partial charge in [-0.2, -0.15) is 0 Å². The van der Waals surface area contributed by atoms with Gasteiger partial charge in [0.1, 0.15) is 11.3 Å². The van der Waals surface area contributed by atoms with Crippen molar-refractivity contribution < 1.29 is 9.21 Å². The SMILES string of the molecule is CCc1ccc(Cc2cnc(NC(=O)C=Cc3cc4cc(Cl)ccc4o3)s2)cc1. The maximum Gasteiger partial charge on any atom is 0.250 e. The van der Waals surface area contributed by atoms with Crippen LogP contribution in [0.15, 0.2) is 65.2 Å². The number of amides is 1. The van der Waals surface area contributed by atoms with Gasteiger partial charge in [0.25, 0.3) is 0 Å². The lowest BCUT2D eigenvalue weighted by atomic mass is 10.1. The maximum atomic E-state index is 12.2. The Morgan fingerprint density at radius 2 is 1.97 bits per heavy atom. The zero-order valence-electron chi connectivity index (χ0n) is 15.8. The standard InChI is InChI=1S/C23H19ClN2O2S/c1-2-15-3-5-16(6-4-15)11-20-14-25-23(29-20)26-22(27)10-8-19-13-17-12-18(24)7-9-21(17)28-19/h3-10,12-14H,2,11H2,1H3,(H,25,26,27). The molecule has 0 atom stereocenters. The second-order valence-corrected chi connectivity index (χ2v) is 8.18. The Kier molecular flexibility index (Phi) is 5.79. The highest BCUT2D eigenvalue weighted by molar-refractivity contribution is 7.15. The van der Waals surface area contributed by atoms with Crippen LogP contribution in [0.5, 0.6) is 0 Å². The van der Waals surface area contributed by atoms with Crippen LogP contribution in [0.2, 0.25) is 5.02 Å². The van der Waals surface area contributed by atoms with Crippen molar-refractivity contribution in [2.75, 3.05) is 5.32 Å². The fraction of sp³-hybridized carbons (Fsp3) is 0.130. The molecule has 2 heterocycles. The van der Waals surface area contributed by atoms with E-state index in [1.807, 2.05) is 18.2 Å². The van der Waals surface area contributed by atoms with Gasteiger partial charge in [0.05, 0.1) is 0 Å². The van der Waals surface area contributed by atoms with Crippen LogP contribution in [-0.4, -0.2) is 10.9 Å². The summed E-state index contributed by atoms with van der Waals surface area (Å²) in [6.07, 6.45) is 6.71. The fourth-order valence-electron chi connectivity index (χ4n) is 2.96. The third kappa shape index (κ3) is 4.94. The second kappa shape index (κ2) is 8.64. The molecule has 2 aromatic carbocycles. The summed E-state index contributed by atoms with van der Waals surface area (Å²) in [6, 6.07) is 15.8. The van der Waals surface area contributed by atoms with Gasteiger partial charge < -0.3 is 4.42 Å². The number of nitrogens with zero attached hydrogens (tertiary/aromatic N) is 1. The largest absolute Gasteiger partial charge is 0.457 e. The quantitative estimate of drug-likeness (QED) is 0.368. The van der Waals surface area contributed by atoms with Crippen LogP contribution in [0.1, 0.15) is 28.7 Å². The van der Waals surface area contributed by atoms with E-state index >= 15 is 0 Å². The van der Waals surface area contributed by atoms with E-state index in [2.05, 4.69) is 41.5 Å². The molecule has 1 N–H and O–H groups in total. The summed E-state index contributed by atoms with van der Waals surface area (Å²) in [7, 11) is 0. The summed E-state index contributed by atoms with van der Waals surface area (Å²) >= 11 is 7.46. The van der Waals surface area contributed by atoms with E-state index in [1.165, 1.54) is 28.5 Å². The number of rotatable bonds is 6. The molecule has 2 aromatic heterocycles. The normalized spacial score (nSPS) is 11.4. The summed E-state index contributed by atoms with van der Waals surface area (Å²) in [6.45, 7) is 2.14. The van der Waals surface area contributed by atoms with Crippen LogP contribution in [-0.2, 0) is 17.6 Å². The van der Waals surface area contributed by atoms with E-state index < -0.39 is 0 Å². The fourth-order valence-corrected chi connectivity index (χ4v) is 3.99. The van der Waals surface area contributed by atoms with Gasteiger partial charge >= 0.3 is 0 Å². The number of aryl methyl sites for hydroxylation is 1. The van der Waals surface area contributed by atoms with Crippen LogP contribution >= 0.6 is 22.9 Å². The Balaban J connectivity index is 1.37. The number of benzene rings is 2. The van der Waals surface area contributed by atoms with Crippen molar-refractivity contribution in [1.29, 1.82) is 0 Å². The summed E-state index contributed by atoms with van der Waals surface area (Å²) in [5.41, 5.74) is 3.28. The molecule has 4 nitrogen and oxygen atoms in total. The highest BCUT2D eigenvalue weighted by Gasteiger charge is 2.07. The van der Waals surface area contributed by atoms with Crippen molar-refractivity contribution in [1.82, 2.24) is 4.98 Å². The first-order valence-corrected chi connectivity index (χ1v) is 10.5. The van der Waals surface area contributed by atoms with Crippen molar-refractivity contribution in [3.8, 4) is 0 Å². The van der Waals surface area contributed by atoms with E-state index in [0.717, 1.165) is 28.7 Å². The van der Waals surface area contributed by atoms with Gasteiger partial charge in [0, 0.05) is 34.0 Å². The molecule has 4 aromatic rings. The van der Waals surface area contributed by atoms with Crippen LogP contribution < -0.4 is 5.32 Å². The number of aromatic nitrogens is 1. The first kappa shape index (κ1) is 19.4. The van der Waals surface area contributed by atoms with E-state index in [1.54, 1.807) is 18.3 Å². The molecule has 146 valence electrons. The molecule has 29 heavy (non-hydrogen) atoms. The number of fused-ring (bicyclic) bond motifs is 1. The molecule has 0 saturated heterocycles. The molecular formula is C23H19ClN2O2S. The van der Waals surface area contributed by atoms with E-state index in [4.69, 9.17) is 16.0 Å². The number of carbonyl (C=O) groups is 1. The summed E-state index contributed by atoms with van der Waals surface area (Å²) in [5, 5.41) is 4.92. The molecule has 0 aliphatic heterocycles. The Morgan fingerprint density at radius 3 is 2.76 bits per heavy atom. The molecule has 6 heteroatoms. The average molecular weight is 423 g/mol. The number of thiazole rings is 1. The van der Waals surface area contributed by atoms with Gasteiger partial charge in [-0.15, -0.1) is 11.3 Å². The molecule has 0 aliphatic rings. The van der Waals surface area contributed by atoms with Gasteiger partial charge in [0.2, 0.25) is 5.91 Å². The van der Waals surface area contributed by atoms with Crippen molar-refractivity contribution >= 4 is 51.0 Å². The molecular weight excluding hydrogens is 404 g/mol. The highest BCUT2D eigenvalue weighted by atomic mass is 35.5. The Labute approximate surface area is 177 Å². The topological polar surface area (TPSA) is 55.1 Å². The second-order valence-electron chi connectivity index (χ2n) is 6.63. The van der Waals surface area contributed by atoms with Crippen LogP contribution in [0, 0.1) is 0 Å². The summed E-state index contributed by atoms with van der Waals surface area (Å²) < 4.78 is 5.67. The summed E-state index contributed by atoms with van der Waals surface area (Å²) in [4.78, 5) is 17.6. The minimum atomic E-state index is -0.253. The van der Waals surface area contributed by atoms with Crippen molar-refractivity contribution in [2.24, 2.45) is 0 Å². The molecule has 0 bridgehead atoms. The number of nitrogens with one attached hydrogen (secondary N) is 1. The molecule has 0 fully saturated rings. The number of hydrogen-bond acceptors (Lipinski definition) is 4. The Bertz CT molecular complexity index is 1180. The van der Waals surface area contributed by atoms with Gasteiger partial charge in [0.15, 0.2) is 5.13 Å². The number of carbonyl (C=O) groups excluding carboxylic acids is 1. The molecule has 0 radical (unpaired) electrons. The predicted molar refractivity (Wildman–Crippen MR) is 120 cm³/mol.